The molecular weight excluding hydrogens is 243 g/mol. The van der Waals surface area contributed by atoms with Gasteiger partial charge < -0.3 is 10.6 Å². The number of nitrogens with one attached hydrogen (secondary N) is 2. The van der Waals surface area contributed by atoms with E-state index in [1.165, 1.54) is 24.3 Å². The van der Waals surface area contributed by atoms with Crippen LogP contribution in [-0.4, -0.2) is 12.5 Å². The predicted octanol–water partition coefficient (Wildman–Crippen LogP) is 3.51. The summed E-state index contributed by atoms with van der Waals surface area (Å²) in [5.74, 6) is -0.539. The molecule has 0 saturated heterocycles. The maximum atomic E-state index is 12.7. The highest BCUT2D eigenvalue weighted by Gasteiger charge is 2.05. The Balaban J connectivity index is 2.05. The zero-order valence-corrected chi connectivity index (χ0v) is 10.6. The Morgan fingerprint density at radius 1 is 1.00 bits per heavy atom. The fourth-order valence-electron chi connectivity index (χ4n) is 1.68. The van der Waals surface area contributed by atoms with Gasteiger partial charge in [0, 0.05) is 23.5 Å². The van der Waals surface area contributed by atoms with Crippen LogP contribution in [-0.2, 0) is 0 Å². The summed E-state index contributed by atoms with van der Waals surface area (Å²) in [7, 11) is 0. The molecule has 2 aromatic carbocycles. The zero-order chi connectivity index (χ0) is 13.7. The SMILES string of the molecule is CCNc1ccc(C(=O)Nc2ccc(F)cc2)cc1. The molecule has 0 aliphatic rings. The summed E-state index contributed by atoms with van der Waals surface area (Å²) < 4.78 is 12.7. The van der Waals surface area contributed by atoms with Crippen LogP contribution in [0.2, 0.25) is 0 Å². The van der Waals surface area contributed by atoms with Gasteiger partial charge in [0.1, 0.15) is 5.82 Å². The van der Waals surface area contributed by atoms with Gasteiger partial charge >= 0.3 is 0 Å². The summed E-state index contributed by atoms with van der Waals surface area (Å²) in [6.45, 7) is 2.84. The van der Waals surface area contributed by atoms with Crippen molar-refractivity contribution in [2.45, 2.75) is 6.92 Å². The first kappa shape index (κ1) is 13.1. The molecule has 0 atom stereocenters. The second kappa shape index (κ2) is 6.00. The highest BCUT2D eigenvalue weighted by molar-refractivity contribution is 6.04. The van der Waals surface area contributed by atoms with Crippen LogP contribution in [0.4, 0.5) is 15.8 Å². The van der Waals surface area contributed by atoms with Gasteiger partial charge in [0.05, 0.1) is 0 Å². The minimum atomic E-state index is -0.326. The Labute approximate surface area is 111 Å². The quantitative estimate of drug-likeness (QED) is 0.881. The van der Waals surface area contributed by atoms with E-state index in [0.29, 0.717) is 11.3 Å². The van der Waals surface area contributed by atoms with Crippen molar-refractivity contribution in [3.05, 3.63) is 59.9 Å². The second-order valence-corrected chi connectivity index (χ2v) is 4.07. The molecule has 0 radical (unpaired) electrons. The highest BCUT2D eigenvalue weighted by Crippen LogP contribution is 2.13. The van der Waals surface area contributed by atoms with E-state index < -0.39 is 0 Å². The van der Waals surface area contributed by atoms with Crippen LogP contribution < -0.4 is 10.6 Å². The highest BCUT2D eigenvalue weighted by atomic mass is 19.1. The molecule has 1 amide bonds. The summed E-state index contributed by atoms with van der Waals surface area (Å²) in [4.78, 5) is 11.9. The first-order valence-electron chi connectivity index (χ1n) is 6.10. The average molecular weight is 258 g/mol. The van der Waals surface area contributed by atoms with Gasteiger partial charge in [0.2, 0.25) is 0 Å². The van der Waals surface area contributed by atoms with Gasteiger partial charge in [0.15, 0.2) is 0 Å². The molecule has 0 aliphatic carbocycles. The van der Waals surface area contributed by atoms with Gasteiger partial charge in [-0.2, -0.15) is 0 Å². The smallest absolute Gasteiger partial charge is 0.255 e. The van der Waals surface area contributed by atoms with Crippen LogP contribution >= 0.6 is 0 Å². The second-order valence-electron chi connectivity index (χ2n) is 4.07. The van der Waals surface area contributed by atoms with Gasteiger partial charge in [-0.3, -0.25) is 4.79 Å². The number of hydrogen-bond donors (Lipinski definition) is 2. The maximum absolute atomic E-state index is 12.7. The first-order chi connectivity index (χ1) is 9.19. The number of hydrogen-bond acceptors (Lipinski definition) is 2. The lowest BCUT2D eigenvalue weighted by molar-refractivity contribution is 0.102. The predicted molar refractivity (Wildman–Crippen MR) is 75.0 cm³/mol. The summed E-state index contributed by atoms with van der Waals surface area (Å²) >= 11 is 0. The van der Waals surface area contributed by atoms with E-state index in [1.54, 1.807) is 12.1 Å². The van der Waals surface area contributed by atoms with Gasteiger partial charge in [-0.05, 0) is 55.5 Å². The fourth-order valence-corrected chi connectivity index (χ4v) is 1.68. The third kappa shape index (κ3) is 3.55. The van der Waals surface area contributed by atoms with Crippen LogP contribution in [0.15, 0.2) is 48.5 Å². The third-order valence-electron chi connectivity index (χ3n) is 2.63. The van der Waals surface area contributed by atoms with Crippen LogP contribution in [0.3, 0.4) is 0 Å². The van der Waals surface area contributed by atoms with E-state index in [0.717, 1.165) is 12.2 Å². The van der Waals surface area contributed by atoms with Crippen molar-refractivity contribution in [3.8, 4) is 0 Å². The minimum Gasteiger partial charge on any atom is -0.385 e. The maximum Gasteiger partial charge on any atom is 0.255 e. The van der Waals surface area contributed by atoms with Crippen LogP contribution in [0.5, 0.6) is 0 Å². The van der Waals surface area contributed by atoms with E-state index in [4.69, 9.17) is 0 Å². The molecule has 0 fully saturated rings. The molecular formula is C15H15FN2O. The number of rotatable bonds is 4. The van der Waals surface area contributed by atoms with Gasteiger partial charge in [-0.25, -0.2) is 4.39 Å². The molecule has 4 heteroatoms. The normalized spacial score (nSPS) is 10.0. The lowest BCUT2D eigenvalue weighted by Crippen LogP contribution is -2.11. The monoisotopic (exact) mass is 258 g/mol. The number of anilines is 2. The number of carbonyl (C=O) groups excluding carboxylic acids is 1. The summed E-state index contributed by atoms with van der Waals surface area (Å²) in [5.41, 5.74) is 2.11. The molecule has 0 unspecified atom stereocenters. The van der Waals surface area contributed by atoms with Crippen molar-refractivity contribution in [1.29, 1.82) is 0 Å². The lowest BCUT2D eigenvalue weighted by Gasteiger charge is -2.07. The van der Waals surface area contributed by atoms with Gasteiger partial charge in [0.25, 0.3) is 5.91 Å². The van der Waals surface area contributed by atoms with Crippen molar-refractivity contribution in [2.24, 2.45) is 0 Å². The molecule has 0 heterocycles. The van der Waals surface area contributed by atoms with Gasteiger partial charge in [-0.15, -0.1) is 0 Å². The van der Waals surface area contributed by atoms with E-state index in [1.807, 2.05) is 19.1 Å². The third-order valence-corrected chi connectivity index (χ3v) is 2.63. The zero-order valence-electron chi connectivity index (χ0n) is 10.6. The summed E-state index contributed by atoms with van der Waals surface area (Å²) in [5, 5.41) is 5.87. The molecule has 2 rings (SSSR count). The van der Waals surface area contributed by atoms with E-state index in [-0.39, 0.29) is 11.7 Å². The van der Waals surface area contributed by atoms with Crippen LogP contribution in [0, 0.1) is 5.82 Å². The molecule has 0 aromatic heterocycles. The Bertz CT molecular complexity index is 549. The number of halogens is 1. The average Bonchev–Trinajstić information content (AvgIpc) is 2.42. The van der Waals surface area contributed by atoms with Crippen molar-refractivity contribution < 1.29 is 9.18 Å². The van der Waals surface area contributed by atoms with Crippen LogP contribution in [0.1, 0.15) is 17.3 Å². The first-order valence-corrected chi connectivity index (χ1v) is 6.10. The Hall–Kier alpha value is -2.36. The Morgan fingerprint density at radius 3 is 2.16 bits per heavy atom. The summed E-state index contributed by atoms with van der Waals surface area (Å²) in [6, 6.07) is 12.9. The Kier molecular flexibility index (Phi) is 4.13. The number of carbonyl (C=O) groups is 1. The molecule has 0 saturated carbocycles. The molecule has 0 spiro atoms. The molecule has 2 aromatic rings. The minimum absolute atomic E-state index is 0.213. The largest absolute Gasteiger partial charge is 0.385 e. The van der Waals surface area contributed by atoms with Crippen LogP contribution in [0.25, 0.3) is 0 Å². The lowest BCUT2D eigenvalue weighted by atomic mass is 10.2. The molecule has 98 valence electrons. The topological polar surface area (TPSA) is 41.1 Å². The van der Waals surface area contributed by atoms with Crippen molar-refractivity contribution in [3.63, 3.8) is 0 Å². The number of benzene rings is 2. The molecule has 0 bridgehead atoms. The van der Waals surface area contributed by atoms with Gasteiger partial charge in [-0.1, -0.05) is 0 Å². The molecule has 3 nitrogen and oxygen atoms in total. The van der Waals surface area contributed by atoms with E-state index >= 15 is 0 Å². The Morgan fingerprint density at radius 2 is 1.58 bits per heavy atom. The van der Waals surface area contributed by atoms with Crippen molar-refractivity contribution in [1.82, 2.24) is 0 Å². The fraction of sp³-hybridized carbons (Fsp3) is 0.133. The standard InChI is InChI=1S/C15H15FN2O/c1-2-17-13-7-3-11(4-8-13)15(19)18-14-9-5-12(16)6-10-14/h3-10,17H,2H2,1H3,(H,18,19). The van der Waals surface area contributed by atoms with Crippen molar-refractivity contribution in [2.75, 3.05) is 17.2 Å². The van der Waals surface area contributed by atoms with E-state index in [9.17, 15) is 9.18 Å². The molecule has 19 heavy (non-hydrogen) atoms. The van der Waals surface area contributed by atoms with Crippen molar-refractivity contribution >= 4 is 17.3 Å². The van der Waals surface area contributed by atoms with E-state index in [2.05, 4.69) is 10.6 Å². The number of amides is 1. The summed E-state index contributed by atoms with van der Waals surface area (Å²) in [6.07, 6.45) is 0. The molecule has 2 N–H and O–H groups in total. The molecule has 0 aliphatic heterocycles.